The molecule has 4 aromatic rings. The van der Waals surface area contributed by atoms with Gasteiger partial charge in [0.15, 0.2) is 0 Å². The van der Waals surface area contributed by atoms with Gasteiger partial charge in [0, 0.05) is 41.6 Å². The molecule has 5 rings (SSSR count). The Morgan fingerprint density at radius 1 is 0.906 bits per heavy atom. The number of benzene rings is 1. The standard InChI is InChI=1S/C25H23N5O2/c31-23-10-9-22(18-11-14-26-15-12-18)29-30(23)20-7-5-19(6-8-20)28-25(32)24-21-4-2-1-3-17(21)13-16-27-24/h1-4,9-16,19-20H,5-8H2,(H,28,32). The number of nitrogens with zero attached hydrogens (tertiary/aromatic N) is 4. The van der Waals surface area contributed by atoms with Gasteiger partial charge in [-0.05, 0) is 55.3 Å². The number of hydrogen-bond acceptors (Lipinski definition) is 5. The number of pyridine rings is 2. The second-order valence-electron chi connectivity index (χ2n) is 8.10. The zero-order valence-electron chi connectivity index (χ0n) is 17.5. The average molecular weight is 425 g/mol. The van der Waals surface area contributed by atoms with Crippen molar-refractivity contribution in [3.63, 3.8) is 0 Å². The molecule has 7 heteroatoms. The van der Waals surface area contributed by atoms with Gasteiger partial charge in [0.2, 0.25) is 0 Å². The summed E-state index contributed by atoms with van der Waals surface area (Å²) in [6.45, 7) is 0. The summed E-state index contributed by atoms with van der Waals surface area (Å²) in [5, 5.41) is 9.60. The van der Waals surface area contributed by atoms with Gasteiger partial charge in [-0.15, -0.1) is 0 Å². The Kier molecular flexibility index (Phi) is 5.46. The summed E-state index contributed by atoms with van der Waals surface area (Å²) in [6, 6.07) is 16.8. The number of carbonyl (C=O) groups excluding carboxylic acids is 1. The maximum Gasteiger partial charge on any atom is 0.270 e. The molecule has 1 aromatic carbocycles. The Morgan fingerprint density at radius 3 is 2.50 bits per heavy atom. The zero-order valence-corrected chi connectivity index (χ0v) is 17.5. The molecule has 0 unspecified atom stereocenters. The highest BCUT2D eigenvalue weighted by molar-refractivity contribution is 6.05. The Bertz CT molecular complexity index is 1310. The summed E-state index contributed by atoms with van der Waals surface area (Å²) in [6.07, 6.45) is 8.23. The predicted molar refractivity (Wildman–Crippen MR) is 122 cm³/mol. The highest BCUT2D eigenvalue weighted by Crippen LogP contribution is 2.28. The summed E-state index contributed by atoms with van der Waals surface area (Å²) in [5.74, 6) is -0.153. The van der Waals surface area contributed by atoms with Crippen molar-refractivity contribution in [1.29, 1.82) is 0 Å². The van der Waals surface area contributed by atoms with Crippen LogP contribution in [0.4, 0.5) is 0 Å². The molecular weight excluding hydrogens is 402 g/mol. The molecule has 0 saturated heterocycles. The molecule has 1 fully saturated rings. The van der Waals surface area contributed by atoms with Crippen molar-refractivity contribution in [3.05, 3.63) is 89.2 Å². The Morgan fingerprint density at radius 2 is 1.69 bits per heavy atom. The Labute approximate surface area is 185 Å². The number of fused-ring (bicyclic) bond motifs is 1. The van der Waals surface area contributed by atoms with Gasteiger partial charge in [-0.25, -0.2) is 4.68 Å². The van der Waals surface area contributed by atoms with Gasteiger partial charge in [0.05, 0.1) is 11.7 Å². The SMILES string of the molecule is O=C(NC1CCC(n2nc(-c3ccncc3)ccc2=O)CC1)c1nccc2ccccc12. The normalized spacial score (nSPS) is 18.4. The van der Waals surface area contributed by atoms with Crippen molar-refractivity contribution < 1.29 is 4.79 Å². The molecule has 3 heterocycles. The van der Waals surface area contributed by atoms with Crippen LogP contribution in [0.2, 0.25) is 0 Å². The molecule has 7 nitrogen and oxygen atoms in total. The summed E-state index contributed by atoms with van der Waals surface area (Å²) in [7, 11) is 0. The van der Waals surface area contributed by atoms with Gasteiger partial charge in [-0.3, -0.25) is 19.6 Å². The quantitative estimate of drug-likeness (QED) is 0.538. The lowest BCUT2D eigenvalue weighted by molar-refractivity contribution is 0.0918. The molecule has 1 amide bonds. The smallest absolute Gasteiger partial charge is 0.270 e. The van der Waals surface area contributed by atoms with Crippen LogP contribution in [0.3, 0.4) is 0 Å². The lowest BCUT2D eigenvalue weighted by Gasteiger charge is -2.29. The van der Waals surface area contributed by atoms with Gasteiger partial charge in [-0.2, -0.15) is 5.10 Å². The number of rotatable bonds is 4. The molecule has 0 atom stereocenters. The number of amides is 1. The van der Waals surface area contributed by atoms with E-state index in [0.29, 0.717) is 5.69 Å². The summed E-state index contributed by atoms with van der Waals surface area (Å²) in [5.41, 5.74) is 2.03. The fraction of sp³-hybridized carbons (Fsp3) is 0.240. The van der Waals surface area contributed by atoms with Gasteiger partial charge in [0.1, 0.15) is 5.69 Å². The van der Waals surface area contributed by atoms with Crippen LogP contribution in [0, 0.1) is 0 Å². The van der Waals surface area contributed by atoms with Crippen LogP contribution in [-0.4, -0.2) is 31.7 Å². The number of carbonyl (C=O) groups is 1. The molecule has 3 aromatic heterocycles. The van der Waals surface area contributed by atoms with E-state index < -0.39 is 0 Å². The van der Waals surface area contributed by atoms with Crippen molar-refractivity contribution in [2.24, 2.45) is 0 Å². The van der Waals surface area contributed by atoms with Crippen LogP contribution in [-0.2, 0) is 0 Å². The zero-order chi connectivity index (χ0) is 21.9. The van der Waals surface area contributed by atoms with E-state index in [1.54, 1.807) is 35.4 Å². The lowest BCUT2D eigenvalue weighted by atomic mass is 9.91. The largest absolute Gasteiger partial charge is 0.348 e. The third-order valence-electron chi connectivity index (χ3n) is 6.07. The summed E-state index contributed by atoms with van der Waals surface area (Å²) < 4.78 is 1.60. The molecule has 1 aliphatic carbocycles. The minimum Gasteiger partial charge on any atom is -0.348 e. The number of aromatic nitrogens is 4. The van der Waals surface area contributed by atoms with E-state index in [9.17, 15) is 9.59 Å². The molecule has 0 aliphatic heterocycles. The van der Waals surface area contributed by atoms with Crippen LogP contribution in [0.25, 0.3) is 22.0 Å². The first-order valence-corrected chi connectivity index (χ1v) is 10.8. The molecule has 0 radical (unpaired) electrons. The fourth-order valence-corrected chi connectivity index (χ4v) is 4.38. The first-order valence-electron chi connectivity index (χ1n) is 10.8. The van der Waals surface area contributed by atoms with E-state index in [1.807, 2.05) is 42.5 Å². The van der Waals surface area contributed by atoms with Crippen molar-refractivity contribution in [2.75, 3.05) is 0 Å². The third kappa shape index (κ3) is 4.01. The van der Waals surface area contributed by atoms with E-state index in [1.165, 1.54) is 0 Å². The molecule has 1 saturated carbocycles. The van der Waals surface area contributed by atoms with Crippen LogP contribution in [0.5, 0.6) is 0 Å². The monoisotopic (exact) mass is 425 g/mol. The number of nitrogens with one attached hydrogen (secondary N) is 1. The highest BCUT2D eigenvalue weighted by Gasteiger charge is 2.26. The molecule has 0 bridgehead atoms. The second kappa shape index (κ2) is 8.70. The topological polar surface area (TPSA) is 89.8 Å². The van der Waals surface area contributed by atoms with Crippen LogP contribution >= 0.6 is 0 Å². The predicted octanol–water partition coefficient (Wildman–Crippen LogP) is 3.77. The molecule has 0 spiro atoms. The minimum absolute atomic E-state index is 0.0214. The van der Waals surface area contributed by atoms with Crippen LogP contribution < -0.4 is 10.9 Å². The van der Waals surface area contributed by atoms with Crippen molar-refractivity contribution in [2.45, 2.75) is 37.8 Å². The average Bonchev–Trinajstić information content (AvgIpc) is 2.85. The summed E-state index contributed by atoms with van der Waals surface area (Å²) >= 11 is 0. The van der Waals surface area contributed by atoms with E-state index in [2.05, 4.69) is 20.4 Å². The maximum absolute atomic E-state index is 12.9. The molecule has 160 valence electrons. The van der Waals surface area contributed by atoms with Crippen LogP contribution in [0.1, 0.15) is 42.2 Å². The third-order valence-corrected chi connectivity index (χ3v) is 6.07. The lowest BCUT2D eigenvalue weighted by Crippen LogP contribution is -2.40. The van der Waals surface area contributed by atoms with E-state index in [0.717, 1.165) is 47.7 Å². The van der Waals surface area contributed by atoms with E-state index in [-0.39, 0.29) is 23.6 Å². The highest BCUT2D eigenvalue weighted by atomic mass is 16.2. The number of hydrogen-bond donors (Lipinski definition) is 1. The molecular formula is C25H23N5O2. The van der Waals surface area contributed by atoms with Crippen LogP contribution in [0.15, 0.2) is 78.0 Å². The van der Waals surface area contributed by atoms with Gasteiger partial charge < -0.3 is 5.32 Å². The first kappa shape index (κ1) is 20.1. The molecule has 1 aliphatic rings. The van der Waals surface area contributed by atoms with E-state index in [4.69, 9.17) is 0 Å². The Hall–Kier alpha value is -3.87. The van der Waals surface area contributed by atoms with Crippen molar-refractivity contribution >= 4 is 16.7 Å². The first-order chi connectivity index (χ1) is 15.7. The molecule has 1 N–H and O–H groups in total. The van der Waals surface area contributed by atoms with Gasteiger partial charge in [0.25, 0.3) is 11.5 Å². The molecule has 32 heavy (non-hydrogen) atoms. The van der Waals surface area contributed by atoms with Gasteiger partial charge in [-0.1, -0.05) is 24.3 Å². The van der Waals surface area contributed by atoms with Gasteiger partial charge >= 0.3 is 0 Å². The van der Waals surface area contributed by atoms with Crippen molar-refractivity contribution in [1.82, 2.24) is 25.1 Å². The maximum atomic E-state index is 12.9. The fourth-order valence-electron chi connectivity index (χ4n) is 4.38. The van der Waals surface area contributed by atoms with E-state index >= 15 is 0 Å². The second-order valence-corrected chi connectivity index (χ2v) is 8.10. The summed E-state index contributed by atoms with van der Waals surface area (Å²) in [4.78, 5) is 33.7. The van der Waals surface area contributed by atoms with Crippen molar-refractivity contribution in [3.8, 4) is 11.3 Å². The Balaban J connectivity index is 1.28. The minimum atomic E-state index is -0.153.